The highest BCUT2D eigenvalue weighted by Crippen LogP contribution is 2.47. The number of allylic oxidation sites excluding steroid dienone is 6. The molecule has 2 rings (SSSR count). The second-order valence-electron chi connectivity index (χ2n) is 10.3. The summed E-state index contributed by atoms with van der Waals surface area (Å²) in [6.07, 6.45) is 12.3. The van der Waals surface area contributed by atoms with Crippen LogP contribution in [0.5, 0.6) is 0 Å². The summed E-state index contributed by atoms with van der Waals surface area (Å²) in [5, 5.41) is 9.24. The van der Waals surface area contributed by atoms with Gasteiger partial charge in [-0.2, -0.15) is 0 Å². The molecule has 1 N–H and O–H groups in total. The molecule has 0 amide bonds. The van der Waals surface area contributed by atoms with Gasteiger partial charge < -0.3 is 9.69 Å². The van der Waals surface area contributed by atoms with Gasteiger partial charge in [-0.1, -0.05) is 107 Å². The molecule has 1 saturated heterocycles. The van der Waals surface area contributed by atoms with Crippen molar-refractivity contribution in [3.8, 4) is 0 Å². The van der Waals surface area contributed by atoms with Crippen LogP contribution < -0.4 is 0 Å². The second kappa shape index (κ2) is 15.8. The van der Waals surface area contributed by atoms with Crippen molar-refractivity contribution >= 4 is 17.3 Å². The van der Waals surface area contributed by atoms with E-state index in [4.69, 9.17) is 4.99 Å². The minimum absolute atomic E-state index is 0.255. The number of likely N-dealkylation sites (tertiary alicyclic amines) is 1. The number of amidine groups is 1. The molecule has 0 aromatic heterocycles. The van der Waals surface area contributed by atoms with Gasteiger partial charge in [0.1, 0.15) is 11.6 Å². The minimum atomic E-state index is -0.582. The lowest BCUT2D eigenvalue weighted by Gasteiger charge is -2.33. The predicted octanol–water partition coefficient (Wildman–Crippen LogP) is 9.13. The average molecular weight is 528 g/mol. The number of hydrogen-bond acceptors (Lipinski definition) is 3. The molecular formula is C35H49N3O. The molecule has 4 heteroatoms. The van der Waals surface area contributed by atoms with Gasteiger partial charge in [0.2, 0.25) is 0 Å². The molecule has 0 saturated carbocycles. The molecule has 0 spiro atoms. The molecule has 210 valence electrons. The Morgan fingerprint density at radius 2 is 1.79 bits per heavy atom. The van der Waals surface area contributed by atoms with E-state index in [9.17, 15) is 10.2 Å². The van der Waals surface area contributed by atoms with Gasteiger partial charge in [-0.15, -0.1) is 0 Å². The van der Waals surface area contributed by atoms with Crippen LogP contribution in [0.4, 0.5) is 0 Å². The van der Waals surface area contributed by atoms with Crippen LogP contribution in [0.25, 0.3) is 0 Å². The van der Waals surface area contributed by atoms with Crippen LogP contribution in [-0.2, 0) is 10.2 Å². The fraction of sp³-hybridized carbons (Fsp3) is 0.400. The van der Waals surface area contributed by atoms with Crippen LogP contribution in [0, 0.1) is 19.3 Å². The van der Waals surface area contributed by atoms with Crippen molar-refractivity contribution in [2.75, 3.05) is 6.54 Å². The third-order valence-electron chi connectivity index (χ3n) is 6.96. The van der Waals surface area contributed by atoms with Gasteiger partial charge in [-0.3, -0.25) is 10.4 Å². The van der Waals surface area contributed by atoms with Crippen molar-refractivity contribution in [1.29, 1.82) is 5.41 Å². The molecule has 1 aromatic rings. The van der Waals surface area contributed by atoms with Crippen LogP contribution >= 0.6 is 0 Å². The highest BCUT2D eigenvalue weighted by atomic mass is 16.1. The number of carbonyl (C=O) groups excluding carboxylic acids is 1. The highest BCUT2D eigenvalue weighted by Gasteiger charge is 2.48. The molecule has 0 bridgehead atoms. The van der Waals surface area contributed by atoms with E-state index in [0.717, 1.165) is 52.9 Å². The molecule has 4 nitrogen and oxygen atoms in total. The smallest absolute Gasteiger partial charge is 0.129 e. The topological polar surface area (TPSA) is 56.5 Å². The summed E-state index contributed by atoms with van der Waals surface area (Å²) < 4.78 is 0. The number of hydrogen-bond donors (Lipinski definition) is 1. The number of rotatable bonds is 12. The number of nitrogens with one attached hydrogen (secondary N) is 1. The number of benzene rings is 1. The largest absolute Gasteiger partial charge is 0.328 e. The Bertz CT molecular complexity index is 1190. The molecule has 1 heterocycles. The Morgan fingerprint density at radius 3 is 2.31 bits per heavy atom. The van der Waals surface area contributed by atoms with Gasteiger partial charge in [0.15, 0.2) is 0 Å². The van der Waals surface area contributed by atoms with E-state index in [1.54, 1.807) is 13.0 Å². The first-order chi connectivity index (χ1) is 18.4. The van der Waals surface area contributed by atoms with Crippen LogP contribution in [-0.4, -0.2) is 28.8 Å². The molecule has 1 atom stereocenters. The number of carbonyl (C=O) groups is 1. The molecule has 1 aliphatic heterocycles. The van der Waals surface area contributed by atoms with Crippen molar-refractivity contribution in [3.63, 3.8) is 0 Å². The summed E-state index contributed by atoms with van der Waals surface area (Å²) >= 11 is 0. The van der Waals surface area contributed by atoms with E-state index in [1.165, 1.54) is 5.56 Å². The Morgan fingerprint density at radius 1 is 1.15 bits per heavy atom. The van der Waals surface area contributed by atoms with Gasteiger partial charge in [-0.25, -0.2) is 0 Å². The van der Waals surface area contributed by atoms with Gasteiger partial charge in [0.05, 0.1) is 17.7 Å². The van der Waals surface area contributed by atoms with Gasteiger partial charge in [-0.05, 0) is 57.2 Å². The summed E-state index contributed by atoms with van der Waals surface area (Å²) in [6, 6.07) is 6.43. The Hall–Kier alpha value is -3.53. The molecular weight excluding hydrogens is 478 g/mol. The lowest BCUT2D eigenvalue weighted by molar-refractivity contribution is -0.116. The zero-order valence-corrected chi connectivity index (χ0v) is 25.4. The molecule has 1 unspecified atom stereocenters. The summed E-state index contributed by atoms with van der Waals surface area (Å²) in [5.41, 5.74) is 7.47. The lowest BCUT2D eigenvalue weighted by atomic mass is 9.71. The van der Waals surface area contributed by atoms with Crippen LogP contribution in [0.3, 0.4) is 0 Å². The van der Waals surface area contributed by atoms with E-state index in [0.29, 0.717) is 30.9 Å². The first-order valence-electron chi connectivity index (χ1n) is 13.9. The van der Waals surface area contributed by atoms with E-state index < -0.39 is 5.41 Å². The number of unbranched alkanes of at least 4 members (excludes halogenated alkanes) is 1. The van der Waals surface area contributed by atoms with Crippen molar-refractivity contribution in [2.45, 2.75) is 86.0 Å². The highest BCUT2D eigenvalue weighted by molar-refractivity contribution is 6.03. The predicted molar refractivity (Wildman–Crippen MR) is 171 cm³/mol. The fourth-order valence-electron chi connectivity index (χ4n) is 4.57. The van der Waals surface area contributed by atoms with E-state index >= 15 is 0 Å². The third kappa shape index (κ3) is 8.74. The molecule has 1 fully saturated rings. The third-order valence-corrected chi connectivity index (χ3v) is 6.96. The van der Waals surface area contributed by atoms with Crippen LogP contribution in [0.1, 0.15) is 83.4 Å². The second-order valence-corrected chi connectivity index (χ2v) is 10.3. The standard InChI is InChI=1S/C31H41N3.C4H8O/c1-10-13-14-16-27(15-11-2)29(12-3)33-25(8)21-34-26(9)20-31(22(4)5,30(34)32)28-19-23(6)17-18-24(28)7;1-3-4(2)5/h11,14-19,32H,2,4,8-10,12-13,20-21H2,1,3,5-7H3;3H2,1-2H3/b16-14-,27-15+,32-30?,33-29?;. The fourth-order valence-corrected chi connectivity index (χ4v) is 4.57. The van der Waals surface area contributed by atoms with Gasteiger partial charge in [0, 0.05) is 24.3 Å². The molecule has 39 heavy (non-hydrogen) atoms. The maximum absolute atomic E-state index is 9.81. The van der Waals surface area contributed by atoms with Crippen molar-refractivity contribution in [2.24, 2.45) is 4.99 Å². The van der Waals surface area contributed by atoms with Crippen molar-refractivity contribution in [3.05, 3.63) is 108 Å². The van der Waals surface area contributed by atoms with E-state index in [-0.39, 0.29) is 5.78 Å². The first-order valence-corrected chi connectivity index (χ1v) is 13.9. The Kier molecular flexibility index (Phi) is 13.6. The summed E-state index contributed by atoms with van der Waals surface area (Å²) in [4.78, 5) is 16.6. The molecule has 0 aliphatic carbocycles. The van der Waals surface area contributed by atoms with Crippen LogP contribution in [0.2, 0.25) is 0 Å². The van der Waals surface area contributed by atoms with Crippen LogP contribution in [0.15, 0.2) is 96.4 Å². The Labute approximate surface area is 237 Å². The number of aliphatic imine (C=N–C) groups is 1. The van der Waals surface area contributed by atoms with E-state index in [1.807, 2.05) is 24.8 Å². The van der Waals surface area contributed by atoms with Gasteiger partial charge >= 0.3 is 0 Å². The van der Waals surface area contributed by atoms with Crippen molar-refractivity contribution in [1.82, 2.24) is 4.90 Å². The molecule has 0 radical (unpaired) electrons. The number of Topliss-reactive ketones (excluding diaryl/α,β-unsaturated/α-hetero) is 1. The molecule has 1 aliphatic rings. The van der Waals surface area contributed by atoms with E-state index in [2.05, 4.69) is 84.4 Å². The number of ketones is 1. The maximum Gasteiger partial charge on any atom is 0.129 e. The zero-order valence-electron chi connectivity index (χ0n) is 25.4. The minimum Gasteiger partial charge on any atom is -0.328 e. The monoisotopic (exact) mass is 527 g/mol. The maximum atomic E-state index is 9.81. The summed E-state index contributed by atoms with van der Waals surface area (Å²) in [6.45, 7) is 31.1. The average Bonchev–Trinajstić information content (AvgIpc) is 3.14. The summed E-state index contributed by atoms with van der Waals surface area (Å²) in [5.74, 6) is 0.753. The number of nitrogens with zero attached hydrogens (tertiary/aromatic N) is 2. The lowest BCUT2D eigenvalue weighted by Crippen LogP contribution is -2.39. The quantitative estimate of drug-likeness (QED) is 0.167. The normalized spacial score (nSPS) is 17.8. The Balaban J connectivity index is 0.00000139. The molecule has 1 aromatic carbocycles. The zero-order chi connectivity index (χ0) is 29.8. The SMILES string of the molecule is C=C/C=C(\C=C/CCC)C(CC)=NC(=C)CN1C(=C)CC(C(=C)C)(c2cc(C)ccc2C)C1=N.CCC(C)=O. The summed E-state index contributed by atoms with van der Waals surface area (Å²) in [7, 11) is 0. The van der Waals surface area contributed by atoms with Gasteiger partial charge in [0.25, 0.3) is 0 Å². The number of aryl methyl sites for hydroxylation is 2. The first kappa shape index (κ1) is 33.5. The van der Waals surface area contributed by atoms with Crippen molar-refractivity contribution < 1.29 is 4.79 Å².